The Morgan fingerprint density at radius 3 is 2.90 bits per heavy atom. The van der Waals surface area contributed by atoms with Gasteiger partial charge in [-0.1, -0.05) is 5.16 Å². The summed E-state index contributed by atoms with van der Waals surface area (Å²) in [4.78, 5) is 3.93. The smallest absolute Gasteiger partial charge is 0.261 e. The number of phenolic OH excluding ortho intramolecular Hbond substituents is 1. The summed E-state index contributed by atoms with van der Waals surface area (Å²) in [5.74, 6) is -0.586. The minimum atomic E-state index is -2.53. The summed E-state index contributed by atoms with van der Waals surface area (Å²) < 4.78 is 46.3. The first-order valence-electron chi connectivity index (χ1n) is 5.73. The van der Waals surface area contributed by atoms with Crippen molar-refractivity contribution in [2.45, 2.75) is 12.8 Å². The first kappa shape index (κ1) is 14.3. The second-order valence-corrected chi connectivity index (χ2v) is 3.89. The SMILES string of the molecule is Oc1ccc(F)cc1-c1nc(CCOCC(F)F)no1. The second kappa shape index (κ2) is 6.38. The lowest BCUT2D eigenvalue weighted by Gasteiger charge is -2.00. The number of phenols is 1. The van der Waals surface area contributed by atoms with E-state index >= 15 is 0 Å². The van der Waals surface area contributed by atoms with Crippen LogP contribution in [-0.2, 0) is 11.2 Å². The van der Waals surface area contributed by atoms with Gasteiger partial charge in [0, 0.05) is 6.42 Å². The van der Waals surface area contributed by atoms with Crippen LogP contribution in [-0.4, -0.2) is 34.9 Å². The Hall–Kier alpha value is -2.09. The summed E-state index contributed by atoms with van der Waals surface area (Å²) in [5.41, 5.74) is 0.0669. The van der Waals surface area contributed by atoms with Crippen LogP contribution >= 0.6 is 0 Å². The van der Waals surface area contributed by atoms with Crippen LogP contribution < -0.4 is 0 Å². The maximum atomic E-state index is 13.1. The van der Waals surface area contributed by atoms with E-state index in [9.17, 15) is 18.3 Å². The number of nitrogens with zero attached hydrogens (tertiary/aromatic N) is 2. The van der Waals surface area contributed by atoms with E-state index in [1.54, 1.807) is 0 Å². The van der Waals surface area contributed by atoms with E-state index in [-0.39, 0.29) is 36.1 Å². The number of aromatic hydroxyl groups is 1. The number of hydrogen-bond acceptors (Lipinski definition) is 5. The van der Waals surface area contributed by atoms with E-state index in [1.165, 1.54) is 6.07 Å². The largest absolute Gasteiger partial charge is 0.507 e. The highest BCUT2D eigenvalue weighted by Crippen LogP contribution is 2.28. The summed E-state index contributed by atoms with van der Waals surface area (Å²) in [7, 11) is 0. The summed E-state index contributed by atoms with van der Waals surface area (Å²) in [5, 5.41) is 13.2. The summed E-state index contributed by atoms with van der Waals surface area (Å²) in [6.07, 6.45) is -2.35. The predicted octanol–water partition coefficient (Wildman–Crippen LogP) is 2.41. The van der Waals surface area contributed by atoms with E-state index in [4.69, 9.17) is 4.52 Å². The maximum absolute atomic E-state index is 13.1. The molecular formula is C12H11F3N2O3. The lowest BCUT2D eigenvalue weighted by molar-refractivity contribution is 0.0182. The van der Waals surface area contributed by atoms with Crippen molar-refractivity contribution in [3.05, 3.63) is 29.8 Å². The number of benzene rings is 1. The average Bonchev–Trinajstić information content (AvgIpc) is 2.86. The van der Waals surface area contributed by atoms with Gasteiger partial charge < -0.3 is 14.4 Å². The molecule has 1 heterocycles. The number of alkyl halides is 2. The van der Waals surface area contributed by atoms with Crippen molar-refractivity contribution in [1.29, 1.82) is 0 Å². The van der Waals surface area contributed by atoms with Gasteiger partial charge in [-0.2, -0.15) is 4.98 Å². The Kier molecular flexibility index (Phi) is 4.57. The third-order valence-corrected chi connectivity index (χ3v) is 2.37. The quantitative estimate of drug-likeness (QED) is 0.827. The molecule has 5 nitrogen and oxygen atoms in total. The first-order valence-corrected chi connectivity index (χ1v) is 5.73. The number of aromatic nitrogens is 2. The molecule has 0 spiro atoms. The van der Waals surface area contributed by atoms with Crippen molar-refractivity contribution in [1.82, 2.24) is 10.1 Å². The van der Waals surface area contributed by atoms with E-state index in [2.05, 4.69) is 14.9 Å². The molecule has 8 heteroatoms. The zero-order valence-electron chi connectivity index (χ0n) is 10.2. The van der Waals surface area contributed by atoms with Gasteiger partial charge in [0.2, 0.25) is 0 Å². The van der Waals surface area contributed by atoms with Crippen molar-refractivity contribution in [3.63, 3.8) is 0 Å². The van der Waals surface area contributed by atoms with Gasteiger partial charge in [0.25, 0.3) is 12.3 Å². The molecule has 1 N–H and O–H groups in total. The van der Waals surface area contributed by atoms with Crippen LogP contribution in [0, 0.1) is 5.82 Å². The van der Waals surface area contributed by atoms with Crippen LogP contribution in [0.2, 0.25) is 0 Å². The number of rotatable bonds is 6. The minimum absolute atomic E-state index is 0.0123. The molecule has 0 aliphatic rings. The van der Waals surface area contributed by atoms with Crippen LogP contribution in [0.3, 0.4) is 0 Å². The van der Waals surface area contributed by atoms with Gasteiger partial charge in [-0.15, -0.1) is 0 Å². The fraction of sp³-hybridized carbons (Fsp3) is 0.333. The molecule has 0 amide bonds. The predicted molar refractivity (Wildman–Crippen MR) is 61.9 cm³/mol. The van der Waals surface area contributed by atoms with E-state index in [1.807, 2.05) is 0 Å². The Bertz CT molecular complexity index is 575. The minimum Gasteiger partial charge on any atom is -0.507 e. The highest BCUT2D eigenvalue weighted by Gasteiger charge is 2.14. The van der Waals surface area contributed by atoms with Gasteiger partial charge >= 0.3 is 0 Å². The molecule has 0 unspecified atom stereocenters. The molecule has 0 saturated carbocycles. The number of ether oxygens (including phenoxy) is 1. The van der Waals surface area contributed by atoms with E-state index in [0.717, 1.165) is 12.1 Å². The van der Waals surface area contributed by atoms with Crippen LogP contribution in [0.5, 0.6) is 5.75 Å². The first-order chi connectivity index (χ1) is 9.56. The zero-order chi connectivity index (χ0) is 14.5. The van der Waals surface area contributed by atoms with Crippen molar-refractivity contribution in [2.24, 2.45) is 0 Å². The molecule has 1 aromatic heterocycles. The van der Waals surface area contributed by atoms with Crippen LogP contribution in [0.1, 0.15) is 5.82 Å². The summed E-state index contributed by atoms with van der Waals surface area (Å²) in [6.45, 7) is -0.645. The Morgan fingerprint density at radius 1 is 1.35 bits per heavy atom. The molecule has 0 aliphatic heterocycles. The normalized spacial score (nSPS) is 11.2. The molecule has 0 radical (unpaired) electrons. The number of hydrogen-bond donors (Lipinski definition) is 1. The molecule has 0 bridgehead atoms. The van der Waals surface area contributed by atoms with Gasteiger partial charge in [-0.3, -0.25) is 0 Å². The highest BCUT2D eigenvalue weighted by atomic mass is 19.3. The van der Waals surface area contributed by atoms with E-state index < -0.39 is 18.8 Å². The fourth-order valence-corrected chi connectivity index (χ4v) is 1.48. The molecule has 0 fully saturated rings. The van der Waals surface area contributed by atoms with Gasteiger partial charge in [-0.05, 0) is 18.2 Å². The Morgan fingerprint density at radius 2 is 2.15 bits per heavy atom. The molecule has 0 aliphatic carbocycles. The Labute approximate surface area is 112 Å². The highest BCUT2D eigenvalue weighted by molar-refractivity contribution is 5.61. The zero-order valence-corrected chi connectivity index (χ0v) is 10.2. The molecule has 2 aromatic rings. The number of halogens is 3. The standard InChI is InChI=1S/C12H11F3N2O3/c13-7-1-2-9(18)8(5-7)12-16-11(17-20-12)3-4-19-6-10(14)15/h1-2,5,10,18H,3-4,6H2. The van der Waals surface area contributed by atoms with Crippen LogP contribution in [0.15, 0.2) is 22.7 Å². The molecule has 1 aromatic carbocycles. The maximum Gasteiger partial charge on any atom is 0.261 e. The molecule has 0 saturated heterocycles. The van der Waals surface area contributed by atoms with Crippen LogP contribution in [0.4, 0.5) is 13.2 Å². The lowest BCUT2D eigenvalue weighted by atomic mass is 10.2. The molecular weight excluding hydrogens is 277 g/mol. The van der Waals surface area contributed by atoms with Crippen molar-refractivity contribution >= 4 is 0 Å². The average molecular weight is 288 g/mol. The van der Waals surface area contributed by atoms with Gasteiger partial charge in [0.05, 0.1) is 12.2 Å². The lowest BCUT2D eigenvalue weighted by Crippen LogP contribution is -2.07. The van der Waals surface area contributed by atoms with Gasteiger partial charge in [0.1, 0.15) is 18.2 Å². The monoisotopic (exact) mass is 288 g/mol. The third-order valence-electron chi connectivity index (χ3n) is 2.37. The third kappa shape index (κ3) is 3.70. The molecule has 2 rings (SSSR count). The fourth-order valence-electron chi connectivity index (χ4n) is 1.48. The molecule has 108 valence electrons. The van der Waals surface area contributed by atoms with Gasteiger partial charge in [-0.25, -0.2) is 13.2 Å². The second-order valence-electron chi connectivity index (χ2n) is 3.89. The molecule has 20 heavy (non-hydrogen) atoms. The van der Waals surface area contributed by atoms with Crippen molar-refractivity contribution < 1.29 is 27.5 Å². The topological polar surface area (TPSA) is 68.4 Å². The summed E-state index contributed by atoms with van der Waals surface area (Å²) >= 11 is 0. The molecule has 0 atom stereocenters. The Balaban J connectivity index is 2.00. The van der Waals surface area contributed by atoms with Crippen molar-refractivity contribution in [2.75, 3.05) is 13.2 Å². The van der Waals surface area contributed by atoms with Crippen LogP contribution in [0.25, 0.3) is 11.5 Å². The van der Waals surface area contributed by atoms with Gasteiger partial charge in [0.15, 0.2) is 5.82 Å². The van der Waals surface area contributed by atoms with Crippen molar-refractivity contribution in [3.8, 4) is 17.2 Å². The van der Waals surface area contributed by atoms with E-state index in [0.29, 0.717) is 0 Å². The summed E-state index contributed by atoms with van der Waals surface area (Å²) in [6, 6.07) is 3.31.